The molecule has 4 aromatic rings. The van der Waals surface area contributed by atoms with E-state index in [1.165, 1.54) is 30.3 Å². The summed E-state index contributed by atoms with van der Waals surface area (Å²) in [5.74, 6) is -0.123. The zero-order chi connectivity index (χ0) is 25.5. The van der Waals surface area contributed by atoms with Crippen LogP contribution in [0.3, 0.4) is 0 Å². The van der Waals surface area contributed by atoms with E-state index in [4.69, 9.17) is 0 Å². The summed E-state index contributed by atoms with van der Waals surface area (Å²) in [6, 6.07) is 12.0. The van der Waals surface area contributed by atoms with Crippen LogP contribution < -0.4 is 21.3 Å². The molecule has 1 aliphatic heterocycles. The van der Waals surface area contributed by atoms with E-state index in [1.807, 2.05) is 6.07 Å². The van der Waals surface area contributed by atoms with Crippen LogP contribution in [0.2, 0.25) is 0 Å². The SMILES string of the molecule is O=C1NC(=O)/C(=C/c2cnn3c(NC4CC4)cc(NCc4ccc(F)cc4-c4cccc(F)c4)nc23)N1. The number of nitrogens with zero attached hydrogens (tertiary/aromatic N) is 3. The standard InChI is InChI=1S/C26H21F2N7O2/c27-17-3-1-2-14(8-17)20-10-18(28)5-4-15(20)12-29-22-11-23(31-19-6-7-19)35-24(33-22)16(13-30-35)9-21-25(36)34-26(37)32-21/h1-5,8-11,13,19,31H,6-7,12H2,(H,29,33)(H2,32,34,36,37)/b21-9-. The Morgan fingerprint density at radius 2 is 1.89 bits per heavy atom. The summed E-state index contributed by atoms with van der Waals surface area (Å²) in [6.45, 7) is 0.293. The van der Waals surface area contributed by atoms with Gasteiger partial charge in [-0.25, -0.2) is 18.6 Å². The van der Waals surface area contributed by atoms with Crippen molar-refractivity contribution < 1.29 is 18.4 Å². The number of amides is 3. The quantitative estimate of drug-likeness (QED) is 0.225. The van der Waals surface area contributed by atoms with Gasteiger partial charge in [-0.2, -0.15) is 9.61 Å². The number of halogens is 2. The van der Waals surface area contributed by atoms with Gasteiger partial charge < -0.3 is 16.0 Å². The number of urea groups is 1. The van der Waals surface area contributed by atoms with Crippen molar-refractivity contribution >= 4 is 35.3 Å². The summed E-state index contributed by atoms with van der Waals surface area (Å²) in [4.78, 5) is 28.2. The van der Waals surface area contributed by atoms with Crippen molar-refractivity contribution in [2.24, 2.45) is 0 Å². The summed E-state index contributed by atoms with van der Waals surface area (Å²) in [7, 11) is 0. The number of aromatic nitrogens is 3. The number of anilines is 2. The van der Waals surface area contributed by atoms with Crippen LogP contribution in [0, 0.1) is 11.6 Å². The van der Waals surface area contributed by atoms with E-state index in [9.17, 15) is 18.4 Å². The zero-order valence-electron chi connectivity index (χ0n) is 19.4. The van der Waals surface area contributed by atoms with Crippen molar-refractivity contribution in [3.63, 3.8) is 0 Å². The van der Waals surface area contributed by atoms with Gasteiger partial charge in [0.1, 0.15) is 29.0 Å². The molecule has 2 fully saturated rings. The number of hydrogen-bond donors (Lipinski definition) is 4. The lowest BCUT2D eigenvalue weighted by Crippen LogP contribution is -2.22. The van der Waals surface area contributed by atoms with Gasteiger partial charge in [-0.3, -0.25) is 10.1 Å². The first-order chi connectivity index (χ1) is 17.9. The van der Waals surface area contributed by atoms with Gasteiger partial charge in [0, 0.05) is 24.2 Å². The molecule has 0 bridgehead atoms. The van der Waals surface area contributed by atoms with E-state index >= 15 is 0 Å². The average Bonchev–Trinajstić information content (AvgIpc) is 3.51. The van der Waals surface area contributed by atoms with Gasteiger partial charge in [-0.15, -0.1) is 0 Å². The normalized spacial score (nSPS) is 16.2. The van der Waals surface area contributed by atoms with Crippen LogP contribution in [-0.2, 0) is 11.3 Å². The highest BCUT2D eigenvalue weighted by molar-refractivity contribution is 6.14. The Morgan fingerprint density at radius 3 is 2.65 bits per heavy atom. The van der Waals surface area contributed by atoms with Crippen LogP contribution in [-0.4, -0.2) is 32.6 Å². The molecule has 11 heteroatoms. The second-order valence-electron chi connectivity index (χ2n) is 8.91. The van der Waals surface area contributed by atoms with Crippen LogP contribution in [0.25, 0.3) is 22.9 Å². The lowest BCUT2D eigenvalue weighted by molar-refractivity contribution is -0.115. The van der Waals surface area contributed by atoms with E-state index in [-0.39, 0.29) is 5.70 Å². The van der Waals surface area contributed by atoms with Crippen molar-refractivity contribution in [3.05, 3.63) is 83.2 Å². The molecule has 0 unspecified atom stereocenters. The summed E-state index contributed by atoms with van der Waals surface area (Å²) >= 11 is 0. The lowest BCUT2D eigenvalue weighted by Gasteiger charge is -2.14. The van der Waals surface area contributed by atoms with Crippen molar-refractivity contribution in [2.75, 3.05) is 10.6 Å². The monoisotopic (exact) mass is 501 g/mol. The first-order valence-electron chi connectivity index (χ1n) is 11.7. The van der Waals surface area contributed by atoms with Crippen LogP contribution in [0.15, 0.2) is 60.4 Å². The fraction of sp³-hybridized carbons (Fsp3) is 0.154. The minimum atomic E-state index is -0.590. The van der Waals surface area contributed by atoms with Crippen LogP contribution in [0.5, 0.6) is 0 Å². The van der Waals surface area contributed by atoms with Gasteiger partial charge in [0.2, 0.25) is 0 Å². The van der Waals surface area contributed by atoms with E-state index in [2.05, 4.69) is 31.3 Å². The Bertz CT molecular complexity index is 1590. The van der Waals surface area contributed by atoms with Gasteiger partial charge in [0.25, 0.3) is 5.91 Å². The smallest absolute Gasteiger partial charge is 0.326 e. The molecule has 1 aliphatic carbocycles. The minimum Gasteiger partial charge on any atom is -0.367 e. The van der Waals surface area contributed by atoms with Gasteiger partial charge in [-0.05, 0) is 59.9 Å². The third kappa shape index (κ3) is 4.70. The zero-order valence-corrected chi connectivity index (χ0v) is 19.4. The van der Waals surface area contributed by atoms with Gasteiger partial charge in [0.15, 0.2) is 5.65 Å². The number of imide groups is 1. The van der Waals surface area contributed by atoms with Crippen molar-refractivity contribution in [1.29, 1.82) is 0 Å². The summed E-state index contributed by atoms with van der Waals surface area (Å²) in [5.41, 5.74) is 3.00. The highest BCUT2D eigenvalue weighted by atomic mass is 19.1. The molecule has 0 radical (unpaired) electrons. The van der Waals surface area contributed by atoms with Crippen molar-refractivity contribution in [2.45, 2.75) is 25.4 Å². The Labute approximate surface area is 209 Å². The Balaban J connectivity index is 1.35. The molecule has 3 heterocycles. The molecule has 2 aromatic heterocycles. The van der Waals surface area contributed by atoms with Gasteiger partial charge in [0.05, 0.1) is 6.20 Å². The third-order valence-electron chi connectivity index (χ3n) is 6.12. The predicted octanol–water partition coefficient (Wildman–Crippen LogP) is 4.04. The maximum Gasteiger partial charge on any atom is 0.326 e. The van der Waals surface area contributed by atoms with E-state index in [0.717, 1.165) is 18.4 Å². The number of fused-ring (bicyclic) bond motifs is 1. The Morgan fingerprint density at radius 1 is 1.05 bits per heavy atom. The Hall–Kier alpha value is -4.80. The van der Waals surface area contributed by atoms with E-state index < -0.39 is 23.6 Å². The molecule has 0 atom stereocenters. The first-order valence-corrected chi connectivity index (χ1v) is 11.7. The second kappa shape index (κ2) is 9.01. The highest BCUT2D eigenvalue weighted by Crippen LogP contribution is 2.29. The molecule has 9 nitrogen and oxygen atoms in total. The topological polar surface area (TPSA) is 112 Å². The number of nitrogens with one attached hydrogen (secondary N) is 4. The molecule has 2 aliphatic rings. The lowest BCUT2D eigenvalue weighted by atomic mass is 9.99. The van der Waals surface area contributed by atoms with E-state index in [0.29, 0.717) is 46.6 Å². The number of carbonyl (C=O) groups is 2. The number of hydrogen-bond acceptors (Lipinski definition) is 6. The van der Waals surface area contributed by atoms with Crippen LogP contribution >= 0.6 is 0 Å². The van der Waals surface area contributed by atoms with E-state index in [1.54, 1.807) is 28.9 Å². The molecular formula is C26H21F2N7O2. The maximum absolute atomic E-state index is 14.1. The first kappa shape index (κ1) is 22.7. The fourth-order valence-corrected chi connectivity index (χ4v) is 4.16. The summed E-state index contributed by atoms with van der Waals surface area (Å²) < 4.78 is 29.6. The van der Waals surface area contributed by atoms with Gasteiger partial charge >= 0.3 is 6.03 Å². The minimum absolute atomic E-state index is 0.0998. The third-order valence-corrected chi connectivity index (χ3v) is 6.12. The molecule has 1 saturated heterocycles. The average molecular weight is 501 g/mol. The van der Waals surface area contributed by atoms with Crippen molar-refractivity contribution in [3.8, 4) is 11.1 Å². The molecule has 1 saturated carbocycles. The summed E-state index contributed by atoms with van der Waals surface area (Å²) in [5, 5.41) is 15.8. The summed E-state index contributed by atoms with van der Waals surface area (Å²) in [6.07, 6.45) is 5.17. The largest absolute Gasteiger partial charge is 0.367 e. The number of benzene rings is 2. The molecule has 0 spiro atoms. The maximum atomic E-state index is 14.1. The van der Waals surface area contributed by atoms with Gasteiger partial charge in [-0.1, -0.05) is 18.2 Å². The molecular weight excluding hydrogens is 480 g/mol. The highest BCUT2D eigenvalue weighted by Gasteiger charge is 2.25. The van der Waals surface area contributed by atoms with Crippen LogP contribution in [0.4, 0.5) is 25.2 Å². The molecule has 186 valence electrons. The molecule has 3 amide bonds. The predicted molar refractivity (Wildman–Crippen MR) is 133 cm³/mol. The fourth-order valence-electron chi connectivity index (χ4n) is 4.16. The Kier molecular flexibility index (Phi) is 5.52. The molecule has 4 N–H and O–H groups in total. The second-order valence-corrected chi connectivity index (χ2v) is 8.91. The number of carbonyl (C=O) groups excluding carboxylic acids is 2. The molecule has 37 heavy (non-hydrogen) atoms. The van der Waals surface area contributed by atoms with Crippen molar-refractivity contribution in [1.82, 2.24) is 25.2 Å². The number of rotatable bonds is 7. The van der Waals surface area contributed by atoms with Crippen LogP contribution in [0.1, 0.15) is 24.0 Å². The molecule has 6 rings (SSSR count). The molecule has 2 aromatic carbocycles.